The highest BCUT2D eigenvalue weighted by Gasteiger charge is 2.09. The van der Waals surface area contributed by atoms with Crippen LogP contribution in [0.3, 0.4) is 0 Å². The van der Waals surface area contributed by atoms with Crippen LogP contribution in [0.25, 0.3) is 0 Å². The van der Waals surface area contributed by atoms with Gasteiger partial charge in [-0.2, -0.15) is 0 Å². The summed E-state index contributed by atoms with van der Waals surface area (Å²) in [6, 6.07) is 6.00. The molecule has 2 unspecified atom stereocenters. The Morgan fingerprint density at radius 2 is 2.06 bits per heavy atom. The zero-order chi connectivity index (χ0) is 12.1. The number of rotatable bonds is 5. The van der Waals surface area contributed by atoms with E-state index in [9.17, 15) is 0 Å². The molecule has 90 valence electrons. The quantitative estimate of drug-likeness (QED) is 0.891. The first-order chi connectivity index (χ1) is 7.54. The fourth-order valence-corrected chi connectivity index (χ4v) is 1.70. The zero-order valence-corrected chi connectivity index (χ0v) is 11.8. The molecule has 16 heavy (non-hydrogen) atoms. The topological polar surface area (TPSA) is 35.2 Å². The summed E-state index contributed by atoms with van der Waals surface area (Å²) < 4.78 is 6.85. The lowest BCUT2D eigenvalue weighted by Crippen LogP contribution is -2.12. The van der Waals surface area contributed by atoms with E-state index in [1.807, 2.05) is 25.1 Å². The van der Waals surface area contributed by atoms with Crippen LogP contribution >= 0.6 is 15.9 Å². The molecule has 2 atom stereocenters. The van der Waals surface area contributed by atoms with E-state index < -0.39 is 0 Å². The second-order valence-corrected chi connectivity index (χ2v) is 5.21. The van der Waals surface area contributed by atoms with Crippen molar-refractivity contribution in [2.24, 2.45) is 11.7 Å². The molecular weight excluding hydrogens is 266 g/mol. The van der Waals surface area contributed by atoms with Gasteiger partial charge in [0.15, 0.2) is 0 Å². The molecule has 0 amide bonds. The lowest BCUT2D eigenvalue weighted by molar-refractivity contribution is 0.253. The first-order valence-electron chi connectivity index (χ1n) is 5.72. The molecule has 0 aromatic heterocycles. The highest BCUT2D eigenvalue weighted by Crippen LogP contribution is 2.28. The maximum absolute atomic E-state index is 5.91. The normalized spacial score (nSPS) is 14.6. The number of hydrogen-bond donors (Lipinski definition) is 1. The summed E-state index contributed by atoms with van der Waals surface area (Å²) in [6.45, 7) is 7.07. The van der Waals surface area contributed by atoms with Crippen molar-refractivity contribution >= 4 is 15.9 Å². The van der Waals surface area contributed by atoms with Crippen molar-refractivity contribution in [3.8, 4) is 5.75 Å². The molecule has 0 aliphatic heterocycles. The van der Waals surface area contributed by atoms with Crippen LogP contribution < -0.4 is 10.5 Å². The molecule has 0 radical (unpaired) electrons. The van der Waals surface area contributed by atoms with Gasteiger partial charge in [-0.05, 0) is 25.0 Å². The van der Waals surface area contributed by atoms with Crippen molar-refractivity contribution in [1.29, 1.82) is 0 Å². The van der Waals surface area contributed by atoms with Crippen LogP contribution in [-0.2, 0) is 0 Å². The molecule has 0 fully saturated rings. The average molecular weight is 286 g/mol. The Balaban J connectivity index is 2.80. The fraction of sp³-hybridized carbons (Fsp3) is 0.538. The molecule has 0 aliphatic carbocycles. The Hall–Kier alpha value is -0.540. The van der Waals surface area contributed by atoms with E-state index in [1.165, 1.54) is 0 Å². The smallest absolute Gasteiger partial charge is 0.125 e. The molecule has 0 aliphatic rings. The van der Waals surface area contributed by atoms with Crippen LogP contribution in [0.5, 0.6) is 5.75 Å². The summed E-state index contributed by atoms with van der Waals surface area (Å²) in [5.41, 5.74) is 6.97. The summed E-state index contributed by atoms with van der Waals surface area (Å²) >= 11 is 3.45. The van der Waals surface area contributed by atoms with Crippen molar-refractivity contribution < 1.29 is 4.74 Å². The molecular formula is C13H20BrNO. The van der Waals surface area contributed by atoms with Gasteiger partial charge in [-0.15, -0.1) is 0 Å². The van der Waals surface area contributed by atoms with Gasteiger partial charge in [-0.1, -0.05) is 42.3 Å². The zero-order valence-electron chi connectivity index (χ0n) is 10.2. The van der Waals surface area contributed by atoms with E-state index in [0.29, 0.717) is 5.92 Å². The SMILES string of the molecule is CCC(C)COc1cc(Br)ccc1C(C)N. The molecule has 1 aromatic carbocycles. The van der Waals surface area contributed by atoms with E-state index in [2.05, 4.69) is 29.8 Å². The summed E-state index contributed by atoms with van der Waals surface area (Å²) in [5.74, 6) is 1.46. The van der Waals surface area contributed by atoms with E-state index in [0.717, 1.165) is 28.8 Å². The number of hydrogen-bond acceptors (Lipinski definition) is 2. The maximum Gasteiger partial charge on any atom is 0.125 e. The lowest BCUT2D eigenvalue weighted by Gasteiger charge is -2.16. The highest BCUT2D eigenvalue weighted by molar-refractivity contribution is 9.10. The Labute approximate surface area is 106 Å². The number of halogens is 1. The Bertz CT molecular complexity index is 339. The molecule has 0 saturated heterocycles. The van der Waals surface area contributed by atoms with E-state index in [1.54, 1.807) is 0 Å². The molecule has 1 rings (SSSR count). The number of nitrogens with two attached hydrogens (primary N) is 1. The molecule has 3 heteroatoms. The third-order valence-corrected chi connectivity index (χ3v) is 3.18. The average Bonchev–Trinajstić information content (AvgIpc) is 2.25. The number of benzene rings is 1. The summed E-state index contributed by atoms with van der Waals surface area (Å²) in [4.78, 5) is 0. The monoisotopic (exact) mass is 285 g/mol. The van der Waals surface area contributed by atoms with Crippen LogP contribution in [0.15, 0.2) is 22.7 Å². The number of ether oxygens (including phenoxy) is 1. The van der Waals surface area contributed by atoms with Gasteiger partial charge in [-0.3, -0.25) is 0 Å². The Kier molecular flexibility index (Phi) is 5.29. The Morgan fingerprint density at radius 3 is 2.62 bits per heavy atom. The van der Waals surface area contributed by atoms with Crippen molar-refractivity contribution in [2.75, 3.05) is 6.61 Å². The van der Waals surface area contributed by atoms with Gasteiger partial charge in [-0.25, -0.2) is 0 Å². The summed E-state index contributed by atoms with van der Waals surface area (Å²) in [5, 5.41) is 0. The summed E-state index contributed by atoms with van der Waals surface area (Å²) in [6.07, 6.45) is 1.13. The van der Waals surface area contributed by atoms with Gasteiger partial charge in [0, 0.05) is 16.1 Å². The minimum atomic E-state index is 0.0000302. The van der Waals surface area contributed by atoms with Crippen LogP contribution in [0, 0.1) is 5.92 Å². The van der Waals surface area contributed by atoms with Crippen LogP contribution in [0.1, 0.15) is 38.8 Å². The van der Waals surface area contributed by atoms with Gasteiger partial charge in [0.1, 0.15) is 5.75 Å². The van der Waals surface area contributed by atoms with E-state index in [4.69, 9.17) is 10.5 Å². The molecule has 0 bridgehead atoms. The van der Waals surface area contributed by atoms with E-state index in [-0.39, 0.29) is 6.04 Å². The van der Waals surface area contributed by atoms with Crippen molar-refractivity contribution in [1.82, 2.24) is 0 Å². The second kappa shape index (κ2) is 6.26. The third-order valence-electron chi connectivity index (χ3n) is 2.69. The predicted octanol–water partition coefficient (Wildman–Crippen LogP) is 3.89. The van der Waals surface area contributed by atoms with Crippen molar-refractivity contribution in [2.45, 2.75) is 33.2 Å². The van der Waals surface area contributed by atoms with Gasteiger partial charge < -0.3 is 10.5 Å². The van der Waals surface area contributed by atoms with Crippen LogP contribution in [0.4, 0.5) is 0 Å². The first kappa shape index (κ1) is 13.5. The molecule has 2 nitrogen and oxygen atoms in total. The molecule has 0 saturated carbocycles. The third kappa shape index (κ3) is 3.80. The first-order valence-corrected chi connectivity index (χ1v) is 6.51. The lowest BCUT2D eigenvalue weighted by atomic mass is 10.1. The van der Waals surface area contributed by atoms with Gasteiger partial charge in [0.05, 0.1) is 6.61 Å². The summed E-state index contributed by atoms with van der Waals surface area (Å²) in [7, 11) is 0. The molecule has 1 aromatic rings. The highest BCUT2D eigenvalue weighted by atomic mass is 79.9. The van der Waals surface area contributed by atoms with E-state index >= 15 is 0 Å². The standard InChI is InChI=1S/C13H20BrNO/c1-4-9(2)8-16-13-7-11(14)5-6-12(13)10(3)15/h5-7,9-10H,4,8,15H2,1-3H3. The van der Waals surface area contributed by atoms with Crippen molar-refractivity contribution in [3.05, 3.63) is 28.2 Å². The maximum atomic E-state index is 5.91. The van der Waals surface area contributed by atoms with Crippen LogP contribution in [0.2, 0.25) is 0 Å². The predicted molar refractivity (Wildman–Crippen MR) is 71.7 cm³/mol. The largest absolute Gasteiger partial charge is 0.493 e. The molecule has 0 heterocycles. The molecule has 2 N–H and O–H groups in total. The Morgan fingerprint density at radius 1 is 1.38 bits per heavy atom. The molecule has 0 spiro atoms. The van der Waals surface area contributed by atoms with Gasteiger partial charge in [0.2, 0.25) is 0 Å². The van der Waals surface area contributed by atoms with Crippen LogP contribution in [-0.4, -0.2) is 6.61 Å². The second-order valence-electron chi connectivity index (χ2n) is 4.30. The fourth-order valence-electron chi connectivity index (χ4n) is 1.36. The van der Waals surface area contributed by atoms with Gasteiger partial charge >= 0.3 is 0 Å². The van der Waals surface area contributed by atoms with Crippen molar-refractivity contribution in [3.63, 3.8) is 0 Å². The minimum Gasteiger partial charge on any atom is -0.493 e. The minimum absolute atomic E-state index is 0.0000302. The van der Waals surface area contributed by atoms with Gasteiger partial charge in [0.25, 0.3) is 0 Å².